The summed E-state index contributed by atoms with van der Waals surface area (Å²) in [6, 6.07) is 14.4. The van der Waals surface area contributed by atoms with Gasteiger partial charge in [-0.2, -0.15) is 0 Å². The minimum atomic E-state index is -0.615. The summed E-state index contributed by atoms with van der Waals surface area (Å²) in [4.78, 5) is 27.6. The standard InChI is InChI=1S/C24H32N2O5/c1-18(24(28)25-13-8-14-29-2)26(17-19-9-6-5-7-10-19)23(27)16-20-11-12-21(30-3)22(15-20)31-4/h5-7,9-12,15,18H,8,13-14,16-17H2,1-4H3,(H,25,28)/t18-/m1/s1. The van der Waals surface area contributed by atoms with Crippen LogP contribution in [0.2, 0.25) is 0 Å². The first kappa shape index (κ1) is 24.2. The predicted octanol–water partition coefficient (Wildman–Crippen LogP) is 2.82. The fraction of sp³-hybridized carbons (Fsp3) is 0.417. The summed E-state index contributed by atoms with van der Waals surface area (Å²) in [7, 11) is 4.75. The molecule has 0 heterocycles. The van der Waals surface area contributed by atoms with Crippen LogP contribution in [0.5, 0.6) is 11.5 Å². The molecule has 2 aromatic rings. The average molecular weight is 429 g/mol. The third-order valence-corrected chi connectivity index (χ3v) is 4.99. The molecule has 1 atom stereocenters. The molecule has 0 aromatic heterocycles. The highest BCUT2D eigenvalue weighted by atomic mass is 16.5. The highest BCUT2D eigenvalue weighted by Crippen LogP contribution is 2.28. The van der Waals surface area contributed by atoms with Crippen LogP contribution in [-0.4, -0.2) is 57.2 Å². The molecule has 0 saturated heterocycles. The van der Waals surface area contributed by atoms with E-state index in [1.165, 1.54) is 0 Å². The number of rotatable bonds is 12. The molecule has 0 radical (unpaired) electrons. The topological polar surface area (TPSA) is 77.1 Å². The maximum atomic E-state index is 13.2. The number of carbonyl (C=O) groups excluding carboxylic acids is 2. The number of carbonyl (C=O) groups is 2. The van der Waals surface area contributed by atoms with Crippen LogP contribution < -0.4 is 14.8 Å². The van der Waals surface area contributed by atoms with Crippen LogP contribution in [-0.2, 0) is 27.3 Å². The highest BCUT2D eigenvalue weighted by molar-refractivity contribution is 5.88. The SMILES string of the molecule is COCCCNC(=O)[C@@H](C)N(Cc1ccccc1)C(=O)Cc1ccc(OC)c(OC)c1. The van der Waals surface area contributed by atoms with Gasteiger partial charge in [0.25, 0.3) is 0 Å². The van der Waals surface area contributed by atoms with Crippen molar-refractivity contribution >= 4 is 11.8 Å². The van der Waals surface area contributed by atoms with Gasteiger partial charge < -0.3 is 24.4 Å². The van der Waals surface area contributed by atoms with Crippen LogP contribution in [0.4, 0.5) is 0 Å². The van der Waals surface area contributed by atoms with E-state index >= 15 is 0 Å². The van der Waals surface area contributed by atoms with E-state index in [2.05, 4.69) is 5.32 Å². The minimum absolute atomic E-state index is 0.143. The van der Waals surface area contributed by atoms with Crippen LogP contribution in [0.25, 0.3) is 0 Å². The molecule has 0 aliphatic rings. The Morgan fingerprint density at radius 2 is 1.68 bits per heavy atom. The number of amides is 2. The molecule has 2 aromatic carbocycles. The summed E-state index contributed by atoms with van der Waals surface area (Å²) in [6.07, 6.45) is 0.863. The number of nitrogens with one attached hydrogen (secondary N) is 1. The van der Waals surface area contributed by atoms with Crippen molar-refractivity contribution in [3.63, 3.8) is 0 Å². The van der Waals surface area contributed by atoms with E-state index in [-0.39, 0.29) is 18.2 Å². The Hall–Kier alpha value is -3.06. The largest absolute Gasteiger partial charge is 0.493 e. The Labute approximate surface area is 184 Å². The van der Waals surface area contributed by atoms with Gasteiger partial charge >= 0.3 is 0 Å². The number of benzene rings is 2. The van der Waals surface area contributed by atoms with Crippen molar-refractivity contribution in [2.75, 3.05) is 34.5 Å². The molecular formula is C24H32N2O5. The van der Waals surface area contributed by atoms with Crippen molar-refractivity contribution in [1.82, 2.24) is 10.2 Å². The molecule has 0 fully saturated rings. The molecule has 2 amide bonds. The molecule has 0 aliphatic carbocycles. The van der Waals surface area contributed by atoms with Gasteiger partial charge in [-0.1, -0.05) is 36.4 Å². The van der Waals surface area contributed by atoms with Crippen LogP contribution >= 0.6 is 0 Å². The second kappa shape index (κ2) is 12.6. The first-order chi connectivity index (χ1) is 15.0. The first-order valence-corrected chi connectivity index (χ1v) is 10.3. The molecule has 0 unspecified atom stereocenters. The van der Waals surface area contributed by atoms with E-state index in [0.29, 0.717) is 37.6 Å². The maximum absolute atomic E-state index is 13.2. The lowest BCUT2D eigenvalue weighted by molar-refractivity contribution is -0.140. The Bertz CT molecular complexity index is 841. The number of ether oxygens (including phenoxy) is 3. The van der Waals surface area contributed by atoms with Crippen LogP contribution in [0.15, 0.2) is 48.5 Å². The van der Waals surface area contributed by atoms with Gasteiger partial charge in [0, 0.05) is 26.8 Å². The molecule has 0 bridgehead atoms. The van der Waals surface area contributed by atoms with Crippen molar-refractivity contribution < 1.29 is 23.8 Å². The van der Waals surface area contributed by atoms with E-state index < -0.39 is 6.04 Å². The van der Waals surface area contributed by atoms with Crippen LogP contribution in [0.1, 0.15) is 24.5 Å². The van der Waals surface area contributed by atoms with E-state index in [9.17, 15) is 9.59 Å². The molecule has 1 N–H and O–H groups in total. The van der Waals surface area contributed by atoms with Crippen molar-refractivity contribution in [2.24, 2.45) is 0 Å². The maximum Gasteiger partial charge on any atom is 0.242 e. The molecule has 7 heteroatoms. The van der Waals surface area contributed by atoms with Crippen molar-refractivity contribution in [1.29, 1.82) is 0 Å². The van der Waals surface area contributed by atoms with Gasteiger partial charge in [0.15, 0.2) is 11.5 Å². The second-order valence-electron chi connectivity index (χ2n) is 7.19. The fourth-order valence-electron chi connectivity index (χ4n) is 3.21. The van der Waals surface area contributed by atoms with Gasteiger partial charge in [-0.3, -0.25) is 9.59 Å². The first-order valence-electron chi connectivity index (χ1n) is 10.3. The summed E-state index contributed by atoms with van der Waals surface area (Å²) in [5.41, 5.74) is 1.75. The average Bonchev–Trinajstić information content (AvgIpc) is 2.80. The van der Waals surface area contributed by atoms with E-state index in [1.807, 2.05) is 36.4 Å². The lowest BCUT2D eigenvalue weighted by Crippen LogP contribution is -2.48. The molecule has 2 rings (SSSR count). The van der Waals surface area contributed by atoms with Gasteiger partial charge in [-0.25, -0.2) is 0 Å². The van der Waals surface area contributed by atoms with Crippen LogP contribution in [0.3, 0.4) is 0 Å². The Morgan fingerprint density at radius 3 is 2.32 bits per heavy atom. The zero-order valence-electron chi connectivity index (χ0n) is 18.7. The second-order valence-corrected chi connectivity index (χ2v) is 7.19. The smallest absolute Gasteiger partial charge is 0.242 e. The van der Waals surface area contributed by atoms with Crippen molar-refractivity contribution in [2.45, 2.75) is 32.4 Å². The van der Waals surface area contributed by atoms with E-state index in [0.717, 1.165) is 11.1 Å². The van der Waals surface area contributed by atoms with Gasteiger partial charge in [0.1, 0.15) is 6.04 Å². The van der Waals surface area contributed by atoms with Crippen LogP contribution in [0, 0.1) is 0 Å². The Morgan fingerprint density at radius 1 is 0.968 bits per heavy atom. The predicted molar refractivity (Wildman–Crippen MR) is 119 cm³/mol. The summed E-state index contributed by atoms with van der Waals surface area (Å²) in [5.74, 6) is 0.832. The quantitative estimate of drug-likeness (QED) is 0.526. The fourth-order valence-corrected chi connectivity index (χ4v) is 3.21. The normalized spacial score (nSPS) is 11.5. The molecular weight excluding hydrogens is 396 g/mol. The summed E-state index contributed by atoms with van der Waals surface area (Å²) in [5, 5.41) is 2.89. The number of nitrogens with zero attached hydrogens (tertiary/aromatic N) is 1. The third-order valence-electron chi connectivity index (χ3n) is 4.99. The van der Waals surface area contributed by atoms with E-state index in [4.69, 9.17) is 14.2 Å². The van der Waals surface area contributed by atoms with Gasteiger partial charge in [0.2, 0.25) is 11.8 Å². The van der Waals surface area contributed by atoms with Crippen molar-refractivity contribution in [3.05, 3.63) is 59.7 Å². The van der Waals surface area contributed by atoms with Gasteiger partial charge in [0.05, 0.1) is 20.6 Å². The summed E-state index contributed by atoms with van der Waals surface area (Å²) >= 11 is 0. The zero-order chi connectivity index (χ0) is 22.6. The molecule has 31 heavy (non-hydrogen) atoms. The lowest BCUT2D eigenvalue weighted by Gasteiger charge is -2.29. The molecule has 0 aliphatic heterocycles. The summed E-state index contributed by atoms with van der Waals surface area (Å²) in [6.45, 7) is 3.17. The number of hydrogen-bond acceptors (Lipinski definition) is 5. The van der Waals surface area contributed by atoms with Crippen molar-refractivity contribution in [3.8, 4) is 11.5 Å². The van der Waals surface area contributed by atoms with Gasteiger partial charge in [-0.15, -0.1) is 0 Å². The number of hydrogen-bond donors (Lipinski definition) is 1. The third kappa shape index (κ3) is 7.29. The molecule has 7 nitrogen and oxygen atoms in total. The Balaban J connectivity index is 2.16. The molecule has 0 saturated carbocycles. The van der Waals surface area contributed by atoms with Gasteiger partial charge in [-0.05, 0) is 36.6 Å². The monoisotopic (exact) mass is 428 g/mol. The minimum Gasteiger partial charge on any atom is -0.493 e. The molecule has 0 spiro atoms. The zero-order valence-corrected chi connectivity index (χ0v) is 18.7. The Kier molecular flexibility index (Phi) is 9.84. The molecule has 168 valence electrons. The number of methoxy groups -OCH3 is 3. The van der Waals surface area contributed by atoms with E-state index in [1.54, 1.807) is 45.3 Å². The summed E-state index contributed by atoms with van der Waals surface area (Å²) < 4.78 is 15.6. The lowest BCUT2D eigenvalue weighted by atomic mass is 10.1. The highest BCUT2D eigenvalue weighted by Gasteiger charge is 2.26.